The van der Waals surface area contributed by atoms with Crippen molar-refractivity contribution in [3.63, 3.8) is 0 Å². The van der Waals surface area contributed by atoms with E-state index in [-0.39, 0.29) is 17.2 Å². The number of hydrogen-bond donors (Lipinski definition) is 1. The van der Waals surface area contributed by atoms with Crippen LogP contribution in [0.2, 0.25) is 0 Å². The molecule has 0 amide bonds. The smallest absolute Gasteiger partial charge is 0.336 e. The Morgan fingerprint density at radius 3 is 2.65 bits per heavy atom. The van der Waals surface area contributed by atoms with Crippen molar-refractivity contribution in [2.45, 2.75) is 45.6 Å². The van der Waals surface area contributed by atoms with Crippen LogP contribution in [0.15, 0.2) is 58.3 Å². The van der Waals surface area contributed by atoms with Crippen LogP contribution >= 0.6 is 0 Å². The minimum absolute atomic E-state index is 0.0451. The van der Waals surface area contributed by atoms with Crippen LogP contribution in [0.1, 0.15) is 59.9 Å². The van der Waals surface area contributed by atoms with Crippen LogP contribution in [0.5, 0.6) is 0 Å². The summed E-state index contributed by atoms with van der Waals surface area (Å²) >= 11 is 0. The average molecular weight is 415 g/mol. The predicted octanol–water partition coefficient (Wildman–Crippen LogP) is 4.82. The number of carboxylic acids is 1. The second kappa shape index (κ2) is 8.68. The number of carbonyl (C=O) groups is 1. The Morgan fingerprint density at radius 1 is 1.16 bits per heavy atom. The number of hydrogen-bond acceptors (Lipinski definition) is 4. The van der Waals surface area contributed by atoms with E-state index in [1.165, 1.54) is 0 Å². The van der Waals surface area contributed by atoms with Crippen molar-refractivity contribution >= 4 is 18.1 Å². The van der Waals surface area contributed by atoms with E-state index >= 15 is 0 Å². The van der Waals surface area contributed by atoms with Crippen molar-refractivity contribution < 1.29 is 9.90 Å². The highest BCUT2D eigenvalue weighted by Crippen LogP contribution is 2.29. The third-order valence-electron chi connectivity index (χ3n) is 5.67. The van der Waals surface area contributed by atoms with Gasteiger partial charge in [-0.15, -0.1) is 0 Å². The van der Waals surface area contributed by atoms with Crippen LogP contribution < -0.4 is 5.56 Å². The maximum atomic E-state index is 12.9. The van der Waals surface area contributed by atoms with Gasteiger partial charge >= 0.3 is 5.97 Å². The Labute approximate surface area is 180 Å². The quantitative estimate of drug-likeness (QED) is 0.600. The van der Waals surface area contributed by atoms with Crippen molar-refractivity contribution in [2.75, 3.05) is 0 Å². The minimum Gasteiger partial charge on any atom is -0.478 e. The van der Waals surface area contributed by atoms with Crippen LogP contribution in [0.3, 0.4) is 0 Å². The van der Waals surface area contributed by atoms with E-state index in [1.54, 1.807) is 12.3 Å². The fraction of sp³-hybridized carbons (Fsp3) is 0.280. The Kier molecular flexibility index (Phi) is 5.80. The van der Waals surface area contributed by atoms with Gasteiger partial charge < -0.3 is 9.67 Å². The van der Waals surface area contributed by atoms with Gasteiger partial charge in [0, 0.05) is 23.9 Å². The number of aromatic nitrogens is 2. The summed E-state index contributed by atoms with van der Waals surface area (Å²) < 4.78 is 2.03. The van der Waals surface area contributed by atoms with E-state index in [4.69, 9.17) is 0 Å². The van der Waals surface area contributed by atoms with E-state index in [2.05, 4.69) is 16.9 Å². The van der Waals surface area contributed by atoms with Gasteiger partial charge in [-0.05, 0) is 42.5 Å². The van der Waals surface area contributed by atoms with Crippen molar-refractivity contribution in [3.05, 3.63) is 81.3 Å². The molecule has 1 aromatic heterocycles. The second-order valence-corrected chi connectivity index (χ2v) is 7.86. The molecule has 0 saturated carbocycles. The van der Waals surface area contributed by atoms with E-state index < -0.39 is 5.97 Å². The molecule has 0 aliphatic carbocycles. The third-order valence-corrected chi connectivity index (χ3v) is 5.67. The number of rotatable bonds is 7. The van der Waals surface area contributed by atoms with Gasteiger partial charge in [0.1, 0.15) is 0 Å². The van der Waals surface area contributed by atoms with Gasteiger partial charge in [-0.25, -0.2) is 9.79 Å². The summed E-state index contributed by atoms with van der Waals surface area (Å²) in [5.41, 5.74) is 3.80. The first-order valence-electron chi connectivity index (χ1n) is 10.6. The van der Waals surface area contributed by atoms with Crippen molar-refractivity contribution in [1.82, 2.24) is 9.55 Å². The molecule has 4 rings (SSSR count). The molecule has 0 fully saturated rings. The standard InChI is InChI=1S/C25H25N3O3/c1-3-4-10-22-21(23(29)27-25-26-15-16(2)28(22)25)14-17-11-12-19(20(13-17)24(30)31)18-8-6-5-7-9-18/h5-9,11-13,15-16H,3-4,10,14H2,1-2H3,(H,30,31). The molecule has 2 aromatic carbocycles. The van der Waals surface area contributed by atoms with Gasteiger partial charge in [0.2, 0.25) is 5.95 Å². The molecule has 0 spiro atoms. The van der Waals surface area contributed by atoms with E-state index in [0.717, 1.165) is 36.1 Å². The van der Waals surface area contributed by atoms with E-state index in [9.17, 15) is 14.7 Å². The molecule has 6 heteroatoms. The van der Waals surface area contributed by atoms with Crippen LogP contribution in [0, 0.1) is 0 Å². The fourth-order valence-corrected chi connectivity index (χ4v) is 4.11. The predicted molar refractivity (Wildman–Crippen MR) is 122 cm³/mol. The normalized spacial score (nSPS) is 14.6. The van der Waals surface area contributed by atoms with Gasteiger partial charge in [0.15, 0.2) is 0 Å². The molecular weight excluding hydrogens is 390 g/mol. The van der Waals surface area contributed by atoms with Crippen molar-refractivity contribution in [3.8, 4) is 11.1 Å². The van der Waals surface area contributed by atoms with Crippen LogP contribution in [0.25, 0.3) is 11.1 Å². The highest BCUT2D eigenvalue weighted by Gasteiger charge is 2.23. The number of benzene rings is 2. The number of aromatic carboxylic acids is 1. The Bertz CT molecular complexity index is 1210. The molecule has 1 N–H and O–H groups in total. The summed E-state index contributed by atoms with van der Waals surface area (Å²) in [6, 6.07) is 14.9. The molecule has 1 unspecified atom stereocenters. The molecule has 6 nitrogen and oxygen atoms in total. The van der Waals surface area contributed by atoms with Crippen molar-refractivity contribution in [2.24, 2.45) is 4.99 Å². The summed E-state index contributed by atoms with van der Waals surface area (Å²) in [5, 5.41) is 9.81. The molecule has 0 saturated heterocycles. The second-order valence-electron chi connectivity index (χ2n) is 7.86. The van der Waals surface area contributed by atoms with E-state index in [0.29, 0.717) is 23.5 Å². The topological polar surface area (TPSA) is 84.5 Å². The number of fused-ring (bicyclic) bond motifs is 1. The lowest BCUT2D eigenvalue weighted by molar-refractivity contribution is 0.0697. The molecule has 0 bridgehead atoms. The van der Waals surface area contributed by atoms with Gasteiger partial charge in [0.05, 0.1) is 11.6 Å². The monoisotopic (exact) mass is 415 g/mol. The zero-order valence-corrected chi connectivity index (χ0v) is 17.7. The Hall–Kier alpha value is -3.54. The van der Waals surface area contributed by atoms with Gasteiger partial charge in [0.25, 0.3) is 5.56 Å². The molecule has 1 aliphatic rings. The summed E-state index contributed by atoms with van der Waals surface area (Å²) in [6.45, 7) is 4.15. The van der Waals surface area contributed by atoms with E-state index in [1.807, 2.05) is 54.0 Å². The molecule has 31 heavy (non-hydrogen) atoms. The summed E-state index contributed by atoms with van der Waals surface area (Å²) in [6.07, 6.45) is 4.87. The summed E-state index contributed by atoms with van der Waals surface area (Å²) in [7, 11) is 0. The largest absolute Gasteiger partial charge is 0.478 e. The maximum Gasteiger partial charge on any atom is 0.336 e. The van der Waals surface area contributed by atoms with Crippen LogP contribution in [0.4, 0.5) is 5.95 Å². The number of aliphatic imine (C=N–C) groups is 1. The maximum absolute atomic E-state index is 12.9. The van der Waals surface area contributed by atoms with Crippen LogP contribution in [-0.4, -0.2) is 26.8 Å². The highest BCUT2D eigenvalue weighted by molar-refractivity contribution is 5.96. The lowest BCUT2D eigenvalue weighted by Gasteiger charge is -2.18. The Morgan fingerprint density at radius 2 is 1.94 bits per heavy atom. The summed E-state index contributed by atoms with van der Waals surface area (Å²) in [5.74, 6) is -0.532. The number of carboxylic acid groups (broad SMARTS) is 1. The molecule has 158 valence electrons. The highest BCUT2D eigenvalue weighted by atomic mass is 16.4. The first-order chi connectivity index (χ1) is 15.0. The average Bonchev–Trinajstić information content (AvgIpc) is 3.14. The summed E-state index contributed by atoms with van der Waals surface area (Å²) in [4.78, 5) is 33.3. The lowest BCUT2D eigenvalue weighted by atomic mass is 9.94. The number of nitrogens with zero attached hydrogens (tertiary/aromatic N) is 3. The fourth-order valence-electron chi connectivity index (χ4n) is 4.11. The molecule has 1 aliphatic heterocycles. The zero-order valence-electron chi connectivity index (χ0n) is 17.7. The molecular formula is C25H25N3O3. The number of unbranched alkanes of at least 4 members (excludes halogenated alkanes) is 1. The first-order valence-corrected chi connectivity index (χ1v) is 10.6. The molecule has 3 aromatic rings. The van der Waals surface area contributed by atoms with Crippen LogP contribution in [-0.2, 0) is 12.8 Å². The zero-order chi connectivity index (χ0) is 22.0. The molecule has 1 atom stereocenters. The molecule has 0 radical (unpaired) electrons. The first kappa shape index (κ1) is 20.7. The lowest BCUT2D eigenvalue weighted by Crippen LogP contribution is -2.23. The minimum atomic E-state index is -0.988. The van der Waals surface area contributed by atoms with Gasteiger partial charge in [-0.3, -0.25) is 4.79 Å². The SMILES string of the molecule is CCCCc1c(Cc2ccc(-c3ccccc3)c(C(=O)O)c2)c(=O)nc2n1C(C)C=N2. The molecule has 2 heterocycles. The van der Waals surface area contributed by atoms with Gasteiger partial charge in [-0.1, -0.05) is 55.8 Å². The third kappa shape index (κ3) is 4.06. The Balaban J connectivity index is 1.78. The van der Waals surface area contributed by atoms with Gasteiger partial charge in [-0.2, -0.15) is 4.98 Å². The van der Waals surface area contributed by atoms with Crippen molar-refractivity contribution in [1.29, 1.82) is 0 Å².